The monoisotopic (exact) mass is 679 g/mol. The second kappa shape index (κ2) is 11.7. The Labute approximate surface area is 268 Å². The maximum absolute atomic E-state index is 14.2. The molecule has 1 aromatic heterocycles. The molecule has 4 rings (SSSR count). The average molecular weight is 680 g/mol. The zero-order chi connectivity index (χ0) is 34.0. The quantitative estimate of drug-likeness (QED) is 0.314. The van der Waals surface area contributed by atoms with E-state index in [-0.39, 0.29) is 28.9 Å². The predicted molar refractivity (Wildman–Crippen MR) is 179 cm³/mol. The molecule has 4 atom stereocenters. The first-order valence-corrected chi connectivity index (χ1v) is 22.5. The van der Waals surface area contributed by atoms with Crippen molar-refractivity contribution in [1.29, 1.82) is 0 Å². The van der Waals surface area contributed by atoms with Crippen LogP contribution >= 0.6 is 0 Å². The van der Waals surface area contributed by atoms with Crippen LogP contribution in [0.3, 0.4) is 0 Å². The molecule has 250 valence electrons. The molecule has 2 aliphatic rings. The number of nitrogens with zero attached hydrogens (tertiary/aromatic N) is 2. The number of rotatable bonds is 8. The van der Waals surface area contributed by atoms with Crippen LogP contribution in [-0.4, -0.2) is 58.6 Å². The fraction of sp³-hybridized carbons (Fsp3) is 0.613. The molecule has 0 amide bonds. The van der Waals surface area contributed by atoms with E-state index in [0.717, 1.165) is 15.5 Å². The minimum Gasteiger partial charge on any atom is -0.414 e. The smallest absolute Gasteiger partial charge is 0.333 e. The third-order valence-corrected chi connectivity index (χ3v) is 19.9. The van der Waals surface area contributed by atoms with Gasteiger partial charge >= 0.3 is 5.69 Å². The van der Waals surface area contributed by atoms with E-state index < -0.39 is 62.0 Å². The van der Waals surface area contributed by atoms with Crippen LogP contribution in [0, 0.1) is 6.92 Å². The third-order valence-electron chi connectivity index (χ3n) is 9.89. The summed E-state index contributed by atoms with van der Waals surface area (Å²) in [5, 5.41) is 0.433. The molecule has 45 heavy (non-hydrogen) atoms. The van der Waals surface area contributed by atoms with Gasteiger partial charge in [0.2, 0.25) is 0 Å². The summed E-state index contributed by atoms with van der Waals surface area (Å²) in [6, 6.07) is 9.19. The first kappa shape index (κ1) is 35.5. The lowest BCUT2D eigenvalue weighted by Gasteiger charge is -2.43. The molecule has 11 nitrogen and oxygen atoms in total. The van der Waals surface area contributed by atoms with Crippen molar-refractivity contribution in [1.82, 2.24) is 9.13 Å². The highest BCUT2D eigenvalue weighted by Crippen LogP contribution is 2.52. The van der Waals surface area contributed by atoms with Crippen LogP contribution in [0.5, 0.6) is 0 Å². The molecule has 2 N–H and O–H groups in total. The first-order valence-electron chi connectivity index (χ1n) is 15.2. The van der Waals surface area contributed by atoms with E-state index >= 15 is 0 Å². The van der Waals surface area contributed by atoms with E-state index in [2.05, 4.69) is 54.6 Å². The standard InChI is InChI=1S/C31H49N3O8SSi2/c1-21-17-34(28(36)33(26(21)35)18-22-15-13-12-14-16-22)27-25(41-45(10,11)30(5,6)7)31(23(32)20-43(37,38)42-31)24(40-27)19-39-44(8,9)29(2,3)4/h12-17,20,24-25,27H,18-19,32H2,1-11H3/t24-,25+,27-,31?/m1/s1. The van der Waals surface area contributed by atoms with Gasteiger partial charge in [0.15, 0.2) is 28.5 Å². The SMILES string of the molecule is Cc1cn([C@@H]2O[C@H](CO[Si](C)(C)C(C)(C)C)C3(OS(=O)(=O)C=C3N)[C@H]2O[Si](C)(C)C(C)(C)C)c(=O)n(Cc2ccccc2)c1=O. The summed E-state index contributed by atoms with van der Waals surface area (Å²) in [4.78, 5) is 27.5. The summed E-state index contributed by atoms with van der Waals surface area (Å²) in [7, 11) is -9.30. The van der Waals surface area contributed by atoms with E-state index in [1.807, 2.05) is 43.4 Å². The molecule has 0 radical (unpaired) electrons. The number of hydrogen-bond acceptors (Lipinski definition) is 9. The van der Waals surface area contributed by atoms with Crippen LogP contribution in [0.1, 0.15) is 58.9 Å². The zero-order valence-corrected chi connectivity index (χ0v) is 31.2. The molecular formula is C31H49N3O8SSi2. The minimum atomic E-state index is -4.22. The predicted octanol–water partition coefficient (Wildman–Crippen LogP) is 4.58. The number of benzene rings is 1. The van der Waals surface area contributed by atoms with Crippen molar-refractivity contribution in [3.8, 4) is 0 Å². The lowest BCUT2D eigenvalue weighted by Crippen LogP contribution is -2.59. The van der Waals surface area contributed by atoms with Crippen LogP contribution in [0.15, 0.2) is 57.2 Å². The number of aryl methyl sites for hydroxylation is 1. The molecule has 0 saturated carbocycles. The molecule has 1 aromatic carbocycles. The van der Waals surface area contributed by atoms with Crippen LogP contribution in [0.25, 0.3) is 0 Å². The second-order valence-corrected chi connectivity index (χ2v) is 26.2. The average Bonchev–Trinajstić information content (AvgIpc) is 3.33. The normalized spacial score (nSPS) is 25.6. The number of aromatic nitrogens is 2. The third kappa shape index (κ3) is 6.60. The van der Waals surface area contributed by atoms with E-state index in [4.69, 9.17) is 23.5 Å². The topological polar surface area (TPSA) is 141 Å². The molecule has 2 aromatic rings. The highest BCUT2D eigenvalue weighted by Gasteiger charge is 2.67. The Morgan fingerprint density at radius 1 is 0.978 bits per heavy atom. The fourth-order valence-electron chi connectivity index (χ4n) is 5.06. The van der Waals surface area contributed by atoms with Gasteiger partial charge in [-0.15, -0.1) is 0 Å². The van der Waals surface area contributed by atoms with Crippen LogP contribution in [0.2, 0.25) is 36.3 Å². The van der Waals surface area contributed by atoms with Gasteiger partial charge in [-0.05, 0) is 48.8 Å². The summed E-state index contributed by atoms with van der Waals surface area (Å²) >= 11 is 0. The first-order chi connectivity index (χ1) is 20.4. The van der Waals surface area contributed by atoms with Gasteiger partial charge in [-0.25, -0.2) is 8.98 Å². The highest BCUT2D eigenvalue weighted by atomic mass is 32.2. The summed E-state index contributed by atoms with van der Waals surface area (Å²) < 4.78 is 54.6. The van der Waals surface area contributed by atoms with E-state index in [1.54, 1.807) is 6.92 Å². The van der Waals surface area contributed by atoms with Crippen LogP contribution in [-0.2, 0) is 34.4 Å². The van der Waals surface area contributed by atoms with Crippen molar-refractivity contribution in [2.24, 2.45) is 5.73 Å². The molecule has 14 heteroatoms. The Balaban J connectivity index is 1.94. The molecule has 1 spiro atoms. The Morgan fingerprint density at radius 2 is 1.56 bits per heavy atom. The summed E-state index contributed by atoms with van der Waals surface area (Å²) in [5.41, 5.74) is 4.68. The van der Waals surface area contributed by atoms with Gasteiger partial charge in [-0.2, -0.15) is 8.42 Å². The van der Waals surface area contributed by atoms with Crippen molar-refractivity contribution in [3.05, 3.63) is 79.6 Å². The van der Waals surface area contributed by atoms with Crippen molar-refractivity contribution in [2.75, 3.05) is 6.61 Å². The van der Waals surface area contributed by atoms with Crippen molar-refractivity contribution < 1.29 is 26.2 Å². The Morgan fingerprint density at radius 3 is 2.07 bits per heavy atom. The molecule has 0 bridgehead atoms. The summed E-state index contributed by atoms with van der Waals surface area (Å²) in [6.45, 7) is 22.3. The van der Waals surface area contributed by atoms with Gasteiger partial charge in [0.1, 0.15) is 12.2 Å². The zero-order valence-electron chi connectivity index (χ0n) is 28.3. The molecule has 1 unspecified atom stereocenters. The van der Waals surface area contributed by atoms with Crippen molar-refractivity contribution in [3.63, 3.8) is 0 Å². The number of hydrogen-bond donors (Lipinski definition) is 1. The molecule has 0 aliphatic carbocycles. The lowest BCUT2D eigenvalue weighted by molar-refractivity contribution is -0.0567. The van der Waals surface area contributed by atoms with Gasteiger partial charge in [0.05, 0.1) is 24.3 Å². The van der Waals surface area contributed by atoms with Crippen LogP contribution < -0.4 is 17.0 Å². The maximum Gasteiger partial charge on any atom is 0.333 e. The fourth-order valence-corrected chi connectivity index (χ4v) is 8.57. The van der Waals surface area contributed by atoms with E-state index in [1.165, 1.54) is 10.8 Å². The molecule has 2 aliphatic heterocycles. The summed E-state index contributed by atoms with van der Waals surface area (Å²) in [6.07, 6.45) is -1.98. The Bertz CT molecular complexity index is 1690. The largest absolute Gasteiger partial charge is 0.414 e. The van der Waals surface area contributed by atoms with Gasteiger partial charge in [0, 0.05) is 11.8 Å². The Hall–Kier alpha value is -2.34. The summed E-state index contributed by atoms with van der Waals surface area (Å²) in [5.74, 6) is 0. The van der Waals surface area contributed by atoms with Crippen molar-refractivity contribution >= 4 is 26.8 Å². The second-order valence-electron chi connectivity index (χ2n) is 15.2. The van der Waals surface area contributed by atoms with E-state index in [9.17, 15) is 18.0 Å². The van der Waals surface area contributed by atoms with Gasteiger partial charge < -0.3 is 19.3 Å². The number of ether oxygens (including phenoxy) is 1. The van der Waals surface area contributed by atoms with Gasteiger partial charge in [-0.1, -0.05) is 71.9 Å². The van der Waals surface area contributed by atoms with Crippen LogP contribution in [0.4, 0.5) is 0 Å². The van der Waals surface area contributed by atoms with E-state index in [0.29, 0.717) is 5.56 Å². The highest BCUT2D eigenvalue weighted by molar-refractivity contribution is 7.90. The molecule has 1 fully saturated rings. The lowest BCUT2D eigenvalue weighted by atomic mass is 9.89. The van der Waals surface area contributed by atoms with Gasteiger partial charge in [0.25, 0.3) is 15.7 Å². The van der Waals surface area contributed by atoms with Crippen molar-refractivity contribution in [2.45, 2.75) is 115 Å². The number of nitrogens with two attached hydrogens (primary N) is 1. The molecule has 3 heterocycles. The molecular weight excluding hydrogens is 631 g/mol. The van der Waals surface area contributed by atoms with Gasteiger partial charge in [-0.3, -0.25) is 13.9 Å². The molecule has 1 saturated heterocycles. The minimum absolute atomic E-state index is 0.0383. The Kier molecular flexibility index (Phi) is 9.25. The maximum atomic E-state index is 14.2.